The number of esters is 2. The monoisotopic (exact) mass is 294 g/mol. The number of carbonyl (C=O) groups is 3. The number of anilines is 1. The molecule has 1 N–H and O–H groups in total. The Labute approximate surface area is 122 Å². The quantitative estimate of drug-likeness (QED) is 0.625. The molecule has 0 atom stereocenters. The summed E-state index contributed by atoms with van der Waals surface area (Å²) in [5.74, 6) is -2.52. The van der Waals surface area contributed by atoms with E-state index >= 15 is 0 Å². The first-order chi connectivity index (χ1) is 10.0. The highest BCUT2D eigenvalue weighted by molar-refractivity contribution is 6.32. The number of rotatable bonds is 5. The van der Waals surface area contributed by atoms with Crippen LogP contribution in [0.4, 0.5) is 5.69 Å². The molecule has 1 rings (SSSR count). The molecular weight excluding hydrogens is 276 g/mol. The summed E-state index contributed by atoms with van der Waals surface area (Å²) in [4.78, 5) is 35.6. The average molecular weight is 294 g/mol. The lowest BCUT2D eigenvalue weighted by Crippen LogP contribution is -2.40. The summed E-state index contributed by atoms with van der Waals surface area (Å²) < 4.78 is 8.91. The van der Waals surface area contributed by atoms with Gasteiger partial charge in [0.25, 0.3) is 0 Å². The Kier molecular flexibility index (Phi) is 6.19. The number of carbonyl (C=O) groups excluding carboxylic acids is 3. The molecule has 0 radical (unpaired) electrons. The minimum absolute atomic E-state index is 0.104. The fraction of sp³-hybridized carbons (Fsp3) is 0.357. The Morgan fingerprint density at radius 3 is 2.19 bits per heavy atom. The van der Waals surface area contributed by atoms with Gasteiger partial charge < -0.3 is 19.7 Å². The molecule has 0 saturated carbocycles. The van der Waals surface area contributed by atoms with Gasteiger partial charge in [-0.2, -0.15) is 0 Å². The second-order valence-corrected chi connectivity index (χ2v) is 4.18. The predicted octanol–water partition coefficient (Wildman–Crippen LogP) is 0.403. The van der Waals surface area contributed by atoms with Crippen molar-refractivity contribution >= 4 is 23.5 Å². The zero-order chi connectivity index (χ0) is 15.8. The Bertz CT molecular complexity index is 513. The van der Waals surface area contributed by atoms with E-state index in [1.165, 1.54) is 7.11 Å². The molecule has 21 heavy (non-hydrogen) atoms. The van der Waals surface area contributed by atoms with Crippen LogP contribution in [0.3, 0.4) is 0 Å². The fourth-order valence-corrected chi connectivity index (χ4v) is 1.63. The fourth-order valence-electron chi connectivity index (χ4n) is 1.63. The van der Waals surface area contributed by atoms with Crippen molar-refractivity contribution in [1.82, 2.24) is 4.90 Å². The van der Waals surface area contributed by atoms with Crippen LogP contribution >= 0.6 is 0 Å². The molecule has 1 amide bonds. The average Bonchev–Trinajstić information content (AvgIpc) is 2.53. The molecular formula is C14H18N2O5. The molecule has 0 bridgehead atoms. The highest BCUT2D eigenvalue weighted by atomic mass is 16.5. The molecule has 1 aromatic rings. The van der Waals surface area contributed by atoms with E-state index in [9.17, 15) is 14.4 Å². The molecule has 0 saturated heterocycles. The lowest BCUT2D eigenvalue weighted by molar-refractivity contribution is -0.160. The van der Waals surface area contributed by atoms with Gasteiger partial charge in [0.15, 0.2) is 0 Å². The van der Waals surface area contributed by atoms with Gasteiger partial charge in [-0.3, -0.25) is 9.59 Å². The van der Waals surface area contributed by atoms with Crippen molar-refractivity contribution in [2.24, 2.45) is 0 Å². The van der Waals surface area contributed by atoms with E-state index in [1.54, 1.807) is 19.2 Å². The summed E-state index contributed by atoms with van der Waals surface area (Å²) in [5, 5.41) is 2.97. The van der Waals surface area contributed by atoms with Crippen molar-refractivity contribution in [2.75, 3.05) is 33.1 Å². The number of methoxy groups -OCH3 is 2. The number of nitrogens with one attached hydrogen (secondary N) is 1. The van der Waals surface area contributed by atoms with Gasteiger partial charge in [0.05, 0.1) is 14.2 Å². The molecule has 0 aromatic heterocycles. The van der Waals surface area contributed by atoms with E-state index in [2.05, 4.69) is 14.8 Å². The van der Waals surface area contributed by atoms with Crippen molar-refractivity contribution in [2.45, 2.75) is 6.54 Å². The Balaban J connectivity index is 2.87. The predicted molar refractivity (Wildman–Crippen MR) is 75.4 cm³/mol. The van der Waals surface area contributed by atoms with Crippen LogP contribution in [0.1, 0.15) is 5.56 Å². The minimum Gasteiger partial charge on any atom is -0.468 e. The van der Waals surface area contributed by atoms with Gasteiger partial charge in [0, 0.05) is 19.3 Å². The molecule has 114 valence electrons. The molecule has 7 nitrogen and oxygen atoms in total. The first kappa shape index (κ1) is 16.5. The summed E-state index contributed by atoms with van der Waals surface area (Å²) >= 11 is 0. The number of ether oxygens (including phenoxy) is 2. The lowest BCUT2D eigenvalue weighted by atomic mass is 10.2. The van der Waals surface area contributed by atoms with Crippen LogP contribution in [0.2, 0.25) is 0 Å². The largest absolute Gasteiger partial charge is 0.468 e. The third kappa shape index (κ3) is 4.79. The highest BCUT2D eigenvalue weighted by Gasteiger charge is 2.25. The first-order valence-electron chi connectivity index (χ1n) is 6.22. The third-order valence-corrected chi connectivity index (χ3v) is 2.81. The topological polar surface area (TPSA) is 84.9 Å². The van der Waals surface area contributed by atoms with Gasteiger partial charge in [0.2, 0.25) is 0 Å². The van der Waals surface area contributed by atoms with Crippen molar-refractivity contribution in [1.29, 1.82) is 0 Å². The van der Waals surface area contributed by atoms with Gasteiger partial charge in [0.1, 0.15) is 6.54 Å². The summed E-state index contributed by atoms with van der Waals surface area (Å²) in [6, 6.07) is 7.24. The maximum atomic E-state index is 11.9. The molecule has 1 aromatic carbocycles. The SMILES string of the molecule is CNc1ccc(CN(CC(=O)OC)C(=O)C(=O)OC)cc1. The molecule has 0 spiro atoms. The maximum absolute atomic E-state index is 11.9. The van der Waals surface area contributed by atoms with Crippen molar-refractivity contribution in [3.63, 3.8) is 0 Å². The second-order valence-electron chi connectivity index (χ2n) is 4.18. The van der Waals surface area contributed by atoms with Crippen LogP contribution in [0.25, 0.3) is 0 Å². The zero-order valence-corrected chi connectivity index (χ0v) is 12.2. The number of hydrogen-bond acceptors (Lipinski definition) is 6. The van der Waals surface area contributed by atoms with Crippen molar-refractivity contribution in [3.8, 4) is 0 Å². The molecule has 0 aliphatic rings. The van der Waals surface area contributed by atoms with E-state index in [-0.39, 0.29) is 13.1 Å². The van der Waals surface area contributed by atoms with Gasteiger partial charge in [-0.1, -0.05) is 12.1 Å². The molecule has 0 fully saturated rings. The third-order valence-electron chi connectivity index (χ3n) is 2.81. The number of nitrogens with zero attached hydrogens (tertiary/aromatic N) is 1. The summed E-state index contributed by atoms with van der Waals surface area (Å²) in [6.07, 6.45) is 0. The van der Waals surface area contributed by atoms with Gasteiger partial charge >= 0.3 is 17.8 Å². The number of amides is 1. The van der Waals surface area contributed by atoms with Crippen molar-refractivity contribution in [3.05, 3.63) is 29.8 Å². The van der Waals surface area contributed by atoms with Gasteiger partial charge in [-0.05, 0) is 17.7 Å². The second kappa shape index (κ2) is 7.88. The van der Waals surface area contributed by atoms with Crippen LogP contribution < -0.4 is 5.32 Å². The van der Waals surface area contributed by atoms with Gasteiger partial charge in [-0.15, -0.1) is 0 Å². The highest BCUT2D eigenvalue weighted by Crippen LogP contribution is 2.11. The van der Waals surface area contributed by atoms with Crippen LogP contribution in [0.5, 0.6) is 0 Å². The van der Waals surface area contributed by atoms with E-state index in [4.69, 9.17) is 0 Å². The lowest BCUT2D eigenvalue weighted by Gasteiger charge is -2.20. The first-order valence-corrected chi connectivity index (χ1v) is 6.22. The van der Waals surface area contributed by atoms with E-state index < -0.39 is 17.8 Å². The van der Waals surface area contributed by atoms with Crippen LogP contribution in [0, 0.1) is 0 Å². The minimum atomic E-state index is -1.02. The smallest absolute Gasteiger partial charge is 0.396 e. The summed E-state index contributed by atoms with van der Waals surface area (Å²) in [5.41, 5.74) is 1.69. The van der Waals surface area contributed by atoms with E-state index in [0.717, 1.165) is 23.3 Å². The zero-order valence-electron chi connectivity index (χ0n) is 12.2. The van der Waals surface area contributed by atoms with Crippen LogP contribution in [-0.4, -0.2) is 50.6 Å². The summed E-state index contributed by atoms with van der Waals surface area (Å²) in [6.45, 7) is -0.217. The number of benzene rings is 1. The van der Waals surface area contributed by atoms with E-state index in [0.29, 0.717) is 0 Å². The molecule has 0 unspecified atom stereocenters. The molecule has 7 heteroatoms. The number of hydrogen-bond donors (Lipinski definition) is 1. The summed E-state index contributed by atoms with van der Waals surface area (Å²) in [7, 11) is 4.11. The van der Waals surface area contributed by atoms with E-state index in [1.807, 2.05) is 12.1 Å². The Hall–Kier alpha value is -2.57. The molecule has 0 aliphatic heterocycles. The Morgan fingerprint density at radius 2 is 1.71 bits per heavy atom. The van der Waals surface area contributed by atoms with Gasteiger partial charge in [-0.25, -0.2) is 4.79 Å². The molecule has 0 aliphatic carbocycles. The standard InChI is InChI=1S/C14H18N2O5/c1-15-11-6-4-10(5-7-11)8-16(9-12(17)20-2)13(18)14(19)21-3/h4-7,15H,8-9H2,1-3H3. The van der Waals surface area contributed by atoms with Crippen molar-refractivity contribution < 1.29 is 23.9 Å². The maximum Gasteiger partial charge on any atom is 0.396 e. The van der Waals surface area contributed by atoms with Crippen LogP contribution in [-0.2, 0) is 30.4 Å². The molecule has 0 heterocycles. The van der Waals surface area contributed by atoms with Crippen LogP contribution in [0.15, 0.2) is 24.3 Å². The normalized spacial score (nSPS) is 9.67. The Morgan fingerprint density at radius 1 is 1.10 bits per heavy atom.